The summed E-state index contributed by atoms with van der Waals surface area (Å²) in [4.78, 5) is 0.216. The molecule has 0 bridgehead atoms. The number of rotatable bonds is 8. The predicted molar refractivity (Wildman–Crippen MR) is 85.7 cm³/mol. The monoisotopic (exact) mass is 314 g/mol. The lowest BCUT2D eigenvalue weighted by molar-refractivity contribution is 0.163. The van der Waals surface area contributed by atoms with E-state index in [0.717, 1.165) is 12.8 Å². The molecule has 1 aromatic carbocycles. The molecular weight excluding hydrogens is 288 g/mol. The molecule has 0 saturated carbocycles. The third-order valence-electron chi connectivity index (χ3n) is 3.67. The summed E-state index contributed by atoms with van der Waals surface area (Å²) >= 11 is 0. The van der Waals surface area contributed by atoms with Crippen LogP contribution in [0.25, 0.3) is 0 Å². The molecule has 0 aliphatic heterocycles. The van der Waals surface area contributed by atoms with Crippen LogP contribution in [0.5, 0.6) is 0 Å². The van der Waals surface area contributed by atoms with Crippen molar-refractivity contribution >= 4 is 15.7 Å². The highest BCUT2D eigenvalue weighted by atomic mass is 32.2. The van der Waals surface area contributed by atoms with Gasteiger partial charge in [-0.15, -0.1) is 0 Å². The maximum atomic E-state index is 13.0. The van der Waals surface area contributed by atoms with Crippen molar-refractivity contribution in [3.63, 3.8) is 0 Å². The van der Waals surface area contributed by atoms with E-state index in [0.29, 0.717) is 24.4 Å². The van der Waals surface area contributed by atoms with E-state index in [2.05, 4.69) is 0 Å². The Morgan fingerprint density at radius 3 is 2.38 bits per heavy atom. The van der Waals surface area contributed by atoms with Crippen molar-refractivity contribution < 1.29 is 13.2 Å². The fourth-order valence-electron chi connectivity index (χ4n) is 2.52. The molecule has 0 atom stereocenters. The molecule has 0 radical (unpaired) electrons. The molecule has 0 amide bonds. The molecule has 5 nitrogen and oxygen atoms in total. The number of methoxy groups -OCH3 is 1. The number of ether oxygens (including phenoxy) is 1. The van der Waals surface area contributed by atoms with Gasteiger partial charge in [-0.3, -0.25) is 0 Å². The van der Waals surface area contributed by atoms with Crippen molar-refractivity contribution in [3.05, 3.63) is 23.8 Å². The Hall–Kier alpha value is -1.11. The lowest BCUT2D eigenvalue weighted by atomic mass is 10.2. The number of hydrogen-bond donors (Lipinski definition) is 1. The first kappa shape index (κ1) is 17.9. The molecule has 2 N–H and O–H groups in total. The predicted octanol–water partition coefficient (Wildman–Crippen LogP) is 2.40. The highest BCUT2D eigenvalue weighted by Gasteiger charge is 2.32. The van der Waals surface area contributed by atoms with Crippen LogP contribution in [0.4, 0.5) is 5.69 Å². The molecule has 1 rings (SSSR count). The standard InChI is InChI=1S/C15H26N2O3S/c1-5-13(6-2)17(10-11-20-4)21(18,19)15-12(3)8-7-9-14(15)16/h7-9,13H,5-6,10-11,16H2,1-4H3. The number of sulfonamides is 1. The van der Waals surface area contributed by atoms with Gasteiger partial charge in [-0.05, 0) is 31.4 Å². The normalized spacial score (nSPS) is 12.3. The molecule has 0 unspecified atom stereocenters. The molecular formula is C15H26N2O3S. The third-order valence-corrected chi connectivity index (χ3v) is 5.85. The van der Waals surface area contributed by atoms with Crippen LogP contribution < -0.4 is 5.73 Å². The van der Waals surface area contributed by atoms with Gasteiger partial charge in [-0.2, -0.15) is 4.31 Å². The average molecular weight is 314 g/mol. The van der Waals surface area contributed by atoms with Crippen molar-refractivity contribution in [2.75, 3.05) is 26.0 Å². The number of nitrogens with zero attached hydrogens (tertiary/aromatic N) is 1. The Balaban J connectivity index is 3.33. The summed E-state index contributed by atoms with van der Waals surface area (Å²) in [5, 5.41) is 0. The summed E-state index contributed by atoms with van der Waals surface area (Å²) in [6, 6.07) is 5.11. The Bertz CT molecular complexity index is 534. The summed E-state index contributed by atoms with van der Waals surface area (Å²) < 4.78 is 32.6. The highest BCUT2D eigenvalue weighted by molar-refractivity contribution is 7.89. The van der Waals surface area contributed by atoms with Crippen LogP contribution >= 0.6 is 0 Å². The second-order valence-corrected chi connectivity index (χ2v) is 6.90. The smallest absolute Gasteiger partial charge is 0.245 e. The van der Waals surface area contributed by atoms with Crippen molar-refractivity contribution in [2.45, 2.75) is 44.6 Å². The van der Waals surface area contributed by atoms with Crippen LogP contribution in [0.1, 0.15) is 32.3 Å². The van der Waals surface area contributed by atoms with E-state index in [1.807, 2.05) is 13.8 Å². The molecule has 0 aromatic heterocycles. The van der Waals surface area contributed by atoms with Gasteiger partial charge in [0.15, 0.2) is 0 Å². The van der Waals surface area contributed by atoms with Crippen LogP contribution in [0.15, 0.2) is 23.1 Å². The van der Waals surface area contributed by atoms with E-state index in [1.54, 1.807) is 32.2 Å². The van der Waals surface area contributed by atoms with Crippen molar-refractivity contribution in [3.8, 4) is 0 Å². The van der Waals surface area contributed by atoms with Gasteiger partial charge in [-0.25, -0.2) is 8.42 Å². The molecule has 0 saturated heterocycles. The van der Waals surface area contributed by atoms with E-state index in [-0.39, 0.29) is 10.9 Å². The Kier molecular flexibility index (Phi) is 6.64. The Morgan fingerprint density at radius 2 is 1.90 bits per heavy atom. The molecule has 1 aromatic rings. The van der Waals surface area contributed by atoms with Crippen molar-refractivity contribution in [1.82, 2.24) is 4.31 Å². The van der Waals surface area contributed by atoms with Crippen LogP contribution in [-0.4, -0.2) is 39.0 Å². The van der Waals surface area contributed by atoms with Gasteiger partial charge in [0, 0.05) is 19.7 Å². The first-order valence-corrected chi connectivity index (χ1v) is 8.69. The van der Waals surface area contributed by atoms with E-state index in [1.165, 1.54) is 4.31 Å². The zero-order valence-corrected chi connectivity index (χ0v) is 14.1. The van der Waals surface area contributed by atoms with Gasteiger partial charge in [0.2, 0.25) is 10.0 Å². The minimum atomic E-state index is -3.63. The highest BCUT2D eigenvalue weighted by Crippen LogP contribution is 2.28. The van der Waals surface area contributed by atoms with E-state index in [9.17, 15) is 8.42 Å². The number of nitrogens with two attached hydrogens (primary N) is 1. The largest absolute Gasteiger partial charge is 0.398 e. The van der Waals surface area contributed by atoms with Gasteiger partial charge in [-0.1, -0.05) is 26.0 Å². The SMILES string of the molecule is CCC(CC)N(CCOC)S(=O)(=O)c1c(C)cccc1N. The zero-order valence-electron chi connectivity index (χ0n) is 13.3. The van der Waals surface area contributed by atoms with Gasteiger partial charge >= 0.3 is 0 Å². The van der Waals surface area contributed by atoms with Gasteiger partial charge in [0.25, 0.3) is 0 Å². The fraction of sp³-hybridized carbons (Fsp3) is 0.600. The average Bonchev–Trinajstić information content (AvgIpc) is 2.42. The maximum absolute atomic E-state index is 13.0. The van der Waals surface area contributed by atoms with Crippen molar-refractivity contribution in [1.29, 1.82) is 0 Å². The van der Waals surface area contributed by atoms with E-state index < -0.39 is 10.0 Å². The van der Waals surface area contributed by atoms with Crippen LogP contribution in [0, 0.1) is 6.92 Å². The lowest BCUT2D eigenvalue weighted by Crippen LogP contribution is -2.42. The van der Waals surface area contributed by atoms with Crippen LogP contribution in [0.2, 0.25) is 0 Å². The second kappa shape index (κ2) is 7.77. The Morgan fingerprint density at radius 1 is 1.29 bits per heavy atom. The van der Waals surface area contributed by atoms with E-state index >= 15 is 0 Å². The zero-order chi connectivity index (χ0) is 16.0. The molecule has 21 heavy (non-hydrogen) atoms. The number of aryl methyl sites for hydroxylation is 1. The van der Waals surface area contributed by atoms with E-state index in [4.69, 9.17) is 10.5 Å². The van der Waals surface area contributed by atoms with Crippen LogP contribution in [-0.2, 0) is 14.8 Å². The van der Waals surface area contributed by atoms with Gasteiger partial charge < -0.3 is 10.5 Å². The molecule has 6 heteroatoms. The molecule has 0 fully saturated rings. The van der Waals surface area contributed by atoms with Crippen LogP contribution in [0.3, 0.4) is 0 Å². The molecule has 0 aliphatic rings. The number of anilines is 1. The Labute approximate surface area is 128 Å². The van der Waals surface area contributed by atoms with Gasteiger partial charge in [0.05, 0.1) is 12.3 Å². The molecule has 120 valence electrons. The second-order valence-electron chi connectivity index (χ2n) is 5.07. The summed E-state index contributed by atoms with van der Waals surface area (Å²) in [7, 11) is -2.06. The first-order chi connectivity index (χ1) is 9.89. The molecule has 0 heterocycles. The number of benzene rings is 1. The fourth-order valence-corrected chi connectivity index (χ4v) is 4.60. The summed E-state index contributed by atoms with van der Waals surface area (Å²) in [5.74, 6) is 0. The minimum absolute atomic E-state index is 0.0517. The first-order valence-electron chi connectivity index (χ1n) is 7.25. The van der Waals surface area contributed by atoms with Gasteiger partial charge in [0.1, 0.15) is 4.90 Å². The quantitative estimate of drug-likeness (QED) is 0.748. The summed E-state index contributed by atoms with van der Waals surface area (Å²) in [6.45, 7) is 6.44. The molecule has 0 aliphatic carbocycles. The number of nitrogen functional groups attached to an aromatic ring is 1. The summed E-state index contributed by atoms with van der Waals surface area (Å²) in [5.41, 5.74) is 6.88. The third kappa shape index (κ3) is 3.96. The minimum Gasteiger partial charge on any atom is -0.398 e. The number of hydrogen-bond acceptors (Lipinski definition) is 4. The molecule has 0 spiro atoms. The topological polar surface area (TPSA) is 72.6 Å². The maximum Gasteiger partial charge on any atom is 0.245 e. The lowest BCUT2D eigenvalue weighted by Gasteiger charge is -2.30. The summed E-state index contributed by atoms with van der Waals surface area (Å²) in [6.07, 6.45) is 1.51. The van der Waals surface area contributed by atoms with Crippen molar-refractivity contribution in [2.24, 2.45) is 0 Å².